The number of primary amides is 2. The summed E-state index contributed by atoms with van der Waals surface area (Å²) in [6.07, 6.45) is 21.0. The molecule has 0 aliphatic carbocycles. The SMILES string of the molecule is C.C=C1CC2C(CSC2CCCCC(=O)NCCOCCOCCOCCNC(=O)C(CCC(N)=O)NC(=O)OCc2ccccc2)N1.CCCCCCCCCCCC(CCCCCCCCCCC(=O)O)(C(=O)O)C(=O)NCCOCCOCCOCCOCCOCCOCCOCCOCCOCCOCCOCCNC(=O)[C@H](CCC(N)=O)NC(=O)OCc1ccccc1. The predicted octanol–water partition coefficient (Wildman–Crippen LogP) is 9.57. The van der Waals surface area contributed by atoms with Crippen molar-refractivity contribution in [2.45, 2.75) is 237 Å². The van der Waals surface area contributed by atoms with Crippen LogP contribution in [0.4, 0.5) is 9.59 Å². The summed E-state index contributed by atoms with van der Waals surface area (Å²) in [7, 11) is 0. The lowest BCUT2D eigenvalue weighted by molar-refractivity contribution is -0.157. The second-order valence-corrected chi connectivity index (χ2v) is 33.6. The minimum absolute atomic E-state index is 0. The van der Waals surface area contributed by atoms with Gasteiger partial charge < -0.3 is 135 Å². The molecule has 2 aliphatic heterocycles. The Labute approximate surface area is 799 Å². The number of aliphatic carboxylic acids is 2. The molecule has 5 unspecified atom stereocenters. The lowest BCUT2D eigenvalue weighted by atomic mass is 9.76. The number of amides is 8. The second-order valence-electron chi connectivity index (χ2n) is 32.3. The summed E-state index contributed by atoms with van der Waals surface area (Å²) in [5.41, 5.74) is 11.8. The highest BCUT2D eigenvalue weighted by atomic mass is 32.2. The summed E-state index contributed by atoms with van der Waals surface area (Å²) in [6.45, 7) is 18.1. The number of alkyl carbamates (subject to hydrolysis) is 2. The molecular weight excluding hydrogens is 1760 g/mol. The van der Waals surface area contributed by atoms with E-state index in [-0.39, 0.29) is 98.1 Å². The predicted molar refractivity (Wildman–Crippen MR) is 509 cm³/mol. The number of carbonyl (C=O) groups excluding carboxylic acids is 8. The maximum absolute atomic E-state index is 13.5. The second kappa shape index (κ2) is 85.5. The van der Waals surface area contributed by atoms with Gasteiger partial charge in [-0.15, -0.1) is 0 Å². The van der Waals surface area contributed by atoms with E-state index < -0.39 is 71.2 Å². The molecule has 2 fully saturated rings. The normalized spacial score (nSPS) is 14.6. The number of ether oxygens (including phenoxy) is 16. The molecule has 8 amide bonds. The Bertz CT molecular complexity index is 3340. The highest BCUT2D eigenvalue weighted by Gasteiger charge is 2.45. The van der Waals surface area contributed by atoms with Crippen molar-refractivity contribution in [1.29, 1.82) is 0 Å². The highest BCUT2D eigenvalue weighted by molar-refractivity contribution is 8.00. The van der Waals surface area contributed by atoms with Crippen LogP contribution in [0.1, 0.15) is 212 Å². The Hall–Kier alpha value is -7.93. The zero-order chi connectivity index (χ0) is 96.2. The lowest BCUT2D eigenvalue weighted by Gasteiger charge is -2.28. The van der Waals surface area contributed by atoms with Crippen molar-refractivity contribution in [3.8, 4) is 0 Å². The van der Waals surface area contributed by atoms with Gasteiger partial charge in [-0.3, -0.25) is 38.4 Å². The first-order valence-electron chi connectivity index (χ1n) is 48.0. The third-order valence-electron chi connectivity index (χ3n) is 21.5. The average molecular weight is 1930 g/mol. The highest BCUT2D eigenvalue weighted by Crippen LogP contribution is 2.43. The molecule has 38 heteroatoms. The molecule has 2 aromatic carbocycles. The van der Waals surface area contributed by atoms with E-state index in [9.17, 15) is 53.1 Å². The monoisotopic (exact) mass is 1920 g/mol. The van der Waals surface area contributed by atoms with Crippen LogP contribution in [0.2, 0.25) is 0 Å². The number of thioether (sulfide) groups is 1. The molecule has 768 valence electrons. The minimum Gasteiger partial charge on any atom is -0.481 e. The Morgan fingerprint density at radius 2 is 0.739 bits per heavy atom. The van der Waals surface area contributed by atoms with Gasteiger partial charge in [-0.2, -0.15) is 11.8 Å². The number of hydrogen-bond donors (Lipinski definition) is 11. The van der Waals surface area contributed by atoms with Crippen LogP contribution >= 0.6 is 11.8 Å². The summed E-state index contributed by atoms with van der Waals surface area (Å²) in [5, 5.41) is 39.5. The van der Waals surface area contributed by atoms with Crippen molar-refractivity contribution < 1.29 is 134 Å². The van der Waals surface area contributed by atoms with Crippen molar-refractivity contribution in [3.63, 3.8) is 0 Å². The number of hydrogen-bond acceptors (Lipinski definition) is 28. The standard InChI is InChI=1S/C62H110N4O20.C33H51N5O8S.CH4/c1-2-3-4-5-6-8-11-14-20-27-62(60(72)73,28-21-15-12-9-7-10-13-19-24-57(68)69)59(71)65-30-32-76-34-36-78-38-40-80-42-44-82-46-48-84-50-52-85-51-49-83-47-45-81-43-41-79-39-37-77-35-33-75-31-29-64-58(70)55(25-26-56(63)67)66-61(74)86-53-54-22-17-16-18-23-54;1-24-21-26-28(37-24)23-47-29(26)9-5-6-10-31(40)35-13-15-43-17-19-45-20-18-44-16-14-36-32(41)27(11-12-30(34)39)38-33(42)46-22-25-7-3-2-4-8-25;/h16-18,22-23,55H,2-15,19-21,24-53H2,1H3,(H2,63,67)(H,64,70)(H,65,71)(H,66,74)(H,68,69)(H,72,73);2-4,7-8,26-29,37H,1,5-6,9-23H2,(H2,34,39)(H,35,40)(H,36,41)(H,38,42);1H4/t55-,62?;;/m0../s1. The number of allylic oxidation sites excluding steroid dienone is 1. The van der Waals surface area contributed by atoms with Crippen LogP contribution in [0.3, 0.4) is 0 Å². The van der Waals surface area contributed by atoms with Gasteiger partial charge in [-0.05, 0) is 68.4 Å². The van der Waals surface area contributed by atoms with Crippen molar-refractivity contribution >= 4 is 71.3 Å². The zero-order valence-corrected chi connectivity index (χ0v) is 80.0. The smallest absolute Gasteiger partial charge is 0.408 e. The number of rotatable bonds is 90. The molecule has 0 bridgehead atoms. The fourth-order valence-corrected chi connectivity index (χ4v) is 15.8. The van der Waals surface area contributed by atoms with E-state index in [4.69, 9.17) is 92.4 Å². The fraction of sp³-hybridized carbons (Fsp3) is 0.750. The molecule has 13 N–H and O–H groups in total. The number of carbonyl (C=O) groups is 10. The minimum atomic E-state index is -1.46. The molecular formula is C96H165N9O28S. The molecule has 2 aliphatic rings. The summed E-state index contributed by atoms with van der Waals surface area (Å²) < 4.78 is 87.8. The molecule has 0 radical (unpaired) electrons. The number of nitrogens with two attached hydrogens (primary N) is 2. The van der Waals surface area contributed by atoms with Crippen LogP contribution in [0, 0.1) is 11.3 Å². The Kier molecular flexibility index (Phi) is 77.9. The van der Waals surface area contributed by atoms with E-state index in [2.05, 4.69) is 62.5 Å². The van der Waals surface area contributed by atoms with Gasteiger partial charge in [0.05, 0.1) is 185 Å². The third kappa shape index (κ3) is 68.1. The molecule has 0 spiro atoms. The maximum atomic E-state index is 13.5. The average Bonchev–Trinajstić information content (AvgIpc) is 1.77. The van der Waals surface area contributed by atoms with Crippen molar-refractivity contribution in [2.24, 2.45) is 22.8 Å². The maximum Gasteiger partial charge on any atom is 0.408 e. The van der Waals surface area contributed by atoms with Crippen LogP contribution in [-0.2, 0) is 127 Å². The van der Waals surface area contributed by atoms with Crippen LogP contribution in [0.15, 0.2) is 72.9 Å². The van der Waals surface area contributed by atoms with Crippen LogP contribution in [0.5, 0.6) is 0 Å². The number of nitrogens with one attached hydrogen (secondary N) is 7. The van der Waals surface area contributed by atoms with Gasteiger partial charge >= 0.3 is 24.1 Å². The van der Waals surface area contributed by atoms with Crippen LogP contribution in [-0.4, -0.2) is 310 Å². The van der Waals surface area contributed by atoms with Gasteiger partial charge in [0, 0.05) is 74.6 Å². The molecule has 2 heterocycles. The van der Waals surface area contributed by atoms with Crippen molar-refractivity contribution in [1.82, 2.24) is 37.2 Å². The number of benzene rings is 2. The van der Waals surface area contributed by atoms with E-state index >= 15 is 0 Å². The zero-order valence-electron chi connectivity index (χ0n) is 79.2. The van der Waals surface area contributed by atoms with Crippen LogP contribution in [0.25, 0.3) is 0 Å². The molecule has 0 saturated carbocycles. The van der Waals surface area contributed by atoms with E-state index in [0.29, 0.717) is 227 Å². The van der Waals surface area contributed by atoms with Gasteiger partial charge in [0.25, 0.3) is 0 Å². The summed E-state index contributed by atoms with van der Waals surface area (Å²) in [5.74, 6) is -2.45. The molecule has 0 aromatic heterocycles. The van der Waals surface area contributed by atoms with Crippen molar-refractivity contribution in [3.05, 3.63) is 84.1 Å². The Balaban J connectivity index is 0.00000106. The third-order valence-corrected chi connectivity index (χ3v) is 23.0. The van der Waals surface area contributed by atoms with Crippen molar-refractivity contribution in [2.75, 3.05) is 217 Å². The first-order chi connectivity index (χ1) is 64.8. The van der Waals surface area contributed by atoms with Gasteiger partial charge in [-0.1, -0.05) is 191 Å². The van der Waals surface area contributed by atoms with E-state index in [1.165, 1.54) is 37.8 Å². The Morgan fingerprint density at radius 1 is 0.418 bits per heavy atom. The quantitative estimate of drug-likeness (QED) is 0.0217. The Morgan fingerprint density at radius 3 is 1.08 bits per heavy atom. The molecule has 2 saturated heterocycles. The van der Waals surface area contributed by atoms with Gasteiger partial charge in [-0.25, -0.2) is 9.59 Å². The molecule has 37 nitrogen and oxygen atoms in total. The molecule has 2 aromatic rings. The number of carboxylic acid groups (broad SMARTS) is 2. The number of carboxylic acids is 2. The van der Waals surface area contributed by atoms with E-state index in [1.54, 1.807) is 12.1 Å². The number of unbranched alkanes of at least 4 members (excludes halogenated alkanes) is 16. The number of fused-ring (bicyclic) bond motifs is 1. The first-order valence-corrected chi connectivity index (χ1v) is 49.1. The first kappa shape index (κ1) is 122. The molecule has 134 heavy (non-hydrogen) atoms. The van der Waals surface area contributed by atoms with E-state index in [0.717, 1.165) is 100 Å². The van der Waals surface area contributed by atoms with E-state index in [1.807, 2.05) is 48.5 Å². The molecule has 6 atom stereocenters. The summed E-state index contributed by atoms with van der Waals surface area (Å²) in [4.78, 5) is 121. The lowest BCUT2D eigenvalue weighted by Crippen LogP contribution is -2.48. The molecule has 4 rings (SSSR count). The topological polar surface area (TPSA) is 495 Å². The van der Waals surface area contributed by atoms with Gasteiger partial charge in [0.15, 0.2) is 0 Å². The van der Waals surface area contributed by atoms with Crippen LogP contribution < -0.4 is 48.7 Å². The summed E-state index contributed by atoms with van der Waals surface area (Å²) >= 11 is 2.05. The summed E-state index contributed by atoms with van der Waals surface area (Å²) in [6, 6.07) is 16.8. The fourth-order valence-electron chi connectivity index (χ4n) is 14.1. The van der Waals surface area contributed by atoms with Gasteiger partial charge in [0.1, 0.15) is 30.7 Å². The largest absolute Gasteiger partial charge is 0.481 e. The van der Waals surface area contributed by atoms with Gasteiger partial charge in [0.2, 0.25) is 35.4 Å².